The average molecular weight is 322 g/mol. The minimum atomic E-state index is -1.17. The fourth-order valence-corrected chi connectivity index (χ4v) is 1.10. The second-order valence-corrected chi connectivity index (χ2v) is 3.38. The average Bonchev–Trinajstić information content (AvgIpc) is 2.48. The standard InChI is InChI=1S/C10H8O4.C4H6O2.C2H4O/c1-2-14-10(13)8-6-4-3-5-7(8)9(11)12;1-3-6-4(2)5;1-2-3/h2-6H,1H2,(H,11,12);3H,1H2,2H3;2-3H,1H2. The van der Waals surface area contributed by atoms with Crippen molar-refractivity contribution in [3.63, 3.8) is 0 Å². The second-order valence-electron chi connectivity index (χ2n) is 3.38. The predicted octanol–water partition coefficient (Wildman–Crippen LogP) is 3.07. The molecule has 0 radical (unpaired) electrons. The fraction of sp³-hybridized carbons (Fsp3) is 0.0625. The largest absolute Gasteiger partial charge is 0.516 e. The Hall–Kier alpha value is -3.35. The van der Waals surface area contributed by atoms with Crippen LogP contribution < -0.4 is 0 Å². The number of carbonyl (C=O) groups excluding carboxylic acids is 2. The van der Waals surface area contributed by atoms with Gasteiger partial charge in [0, 0.05) is 6.92 Å². The van der Waals surface area contributed by atoms with Crippen LogP contribution in [0.2, 0.25) is 0 Å². The van der Waals surface area contributed by atoms with E-state index in [9.17, 15) is 14.4 Å². The zero-order valence-corrected chi connectivity index (χ0v) is 12.6. The normalized spacial score (nSPS) is 7.87. The SMILES string of the molecule is C=CO.C=COC(=O)c1ccccc1C(=O)O.C=COC(C)=O. The molecule has 0 amide bonds. The molecule has 0 fully saturated rings. The summed E-state index contributed by atoms with van der Waals surface area (Å²) in [7, 11) is 0. The first-order valence-corrected chi connectivity index (χ1v) is 6.03. The number of carbonyl (C=O) groups is 3. The molecule has 124 valence electrons. The third kappa shape index (κ3) is 11.0. The first-order chi connectivity index (χ1) is 10.8. The van der Waals surface area contributed by atoms with Gasteiger partial charge in [-0.3, -0.25) is 4.79 Å². The molecule has 7 nitrogen and oxygen atoms in total. The van der Waals surface area contributed by atoms with E-state index in [0.717, 1.165) is 18.8 Å². The van der Waals surface area contributed by atoms with Crippen molar-refractivity contribution in [2.45, 2.75) is 6.92 Å². The number of carboxylic acids is 1. The number of hydrogen-bond acceptors (Lipinski definition) is 6. The first-order valence-electron chi connectivity index (χ1n) is 6.03. The van der Waals surface area contributed by atoms with Gasteiger partial charge >= 0.3 is 17.9 Å². The van der Waals surface area contributed by atoms with Gasteiger partial charge in [0.15, 0.2) is 0 Å². The third-order valence-corrected chi connectivity index (χ3v) is 1.82. The van der Waals surface area contributed by atoms with Crippen LogP contribution in [0.1, 0.15) is 27.6 Å². The van der Waals surface area contributed by atoms with E-state index < -0.39 is 11.9 Å². The zero-order valence-electron chi connectivity index (χ0n) is 12.6. The molecule has 0 unspecified atom stereocenters. The van der Waals surface area contributed by atoms with E-state index in [-0.39, 0.29) is 17.1 Å². The Kier molecular flexibility index (Phi) is 13.0. The van der Waals surface area contributed by atoms with Crippen LogP contribution in [0.3, 0.4) is 0 Å². The molecule has 23 heavy (non-hydrogen) atoms. The molecule has 0 aliphatic rings. The number of carboxylic acid groups (broad SMARTS) is 1. The lowest BCUT2D eigenvalue weighted by Gasteiger charge is -2.02. The highest BCUT2D eigenvalue weighted by atomic mass is 16.5. The highest BCUT2D eigenvalue weighted by molar-refractivity contribution is 6.02. The van der Waals surface area contributed by atoms with Gasteiger partial charge in [-0.15, -0.1) is 0 Å². The molecule has 0 heterocycles. The van der Waals surface area contributed by atoms with Crippen molar-refractivity contribution in [3.8, 4) is 0 Å². The van der Waals surface area contributed by atoms with Gasteiger partial charge in [0.1, 0.15) is 0 Å². The Bertz CT molecular complexity index is 561. The quantitative estimate of drug-likeness (QED) is 0.647. The van der Waals surface area contributed by atoms with Crippen molar-refractivity contribution in [1.82, 2.24) is 0 Å². The van der Waals surface area contributed by atoms with Crippen molar-refractivity contribution in [1.29, 1.82) is 0 Å². The summed E-state index contributed by atoms with van der Waals surface area (Å²) in [4.78, 5) is 31.7. The minimum Gasteiger partial charge on any atom is -0.516 e. The van der Waals surface area contributed by atoms with Gasteiger partial charge in [-0.25, -0.2) is 9.59 Å². The number of aromatic carboxylic acids is 1. The number of ether oxygens (including phenoxy) is 2. The summed E-state index contributed by atoms with van der Waals surface area (Å²) in [5, 5.41) is 16.1. The van der Waals surface area contributed by atoms with E-state index in [4.69, 9.17) is 10.2 Å². The number of benzene rings is 1. The van der Waals surface area contributed by atoms with Crippen molar-refractivity contribution < 1.29 is 34.1 Å². The number of esters is 2. The molecule has 2 N–H and O–H groups in total. The summed E-state index contributed by atoms with van der Waals surface area (Å²) in [5.41, 5.74) is -0.0701. The van der Waals surface area contributed by atoms with Gasteiger partial charge in [0.2, 0.25) is 0 Å². The van der Waals surface area contributed by atoms with E-state index in [0.29, 0.717) is 0 Å². The molecule has 1 aromatic carbocycles. The Balaban J connectivity index is 0. The van der Waals surface area contributed by atoms with Gasteiger partial charge in [0.25, 0.3) is 0 Å². The van der Waals surface area contributed by atoms with Crippen LogP contribution in [-0.4, -0.2) is 28.1 Å². The minimum absolute atomic E-state index is 0.0138. The molecule has 0 atom stereocenters. The van der Waals surface area contributed by atoms with E-state index in [2.05, 4.69) is 29.2 Å². The predicted molar refractivity (Wildman–Crippen MR) is 83.8 cm³/mol. The van der Waals surface area contributed by atoms with E-state index >= 15 is 0 Å². The summed E-state index contributed by atoms with van der Waals surface area (Å²) in [6, 6.07) is 5.82. The molecule has 0 spiro atoms. The van der Waals surface area contributed by atoms with Crippen molar-refractivity contribution in [2.75, 3.05) is 0 Å². The van der Waals surface area contributed by atoms with Crippen LogP contribution in [0.25, 0.3) is 0 Å². The lowest BCUT2D eigenvalue weighted by atomic mass is 10.1. The van der Waals surface area contributed by atoms with Gasteiger partial charge in [-0.2, -0.15) is 0 Å². The van der Waals surface area contributed by atoms with Gasteiger partial charge in [-0.05, 0) is 12.1 Å². The molecular weight excluding hydrogens is 304 g/mol. The Morgan fingerprint density at radius 2 is 1.43 bits per heavy atom. The molecule has 0 aliphatic carbocycles. The molecule has 0 saturated carbocycles. The highest BCUT2D eigenvalue weighted by Crippen LogP contribution is 2.10. The lowest BCUT2D eigenvalue weighted by molar-refractivity contribution is -0.135. The van der Waals surface area contributed by atoms with Crippen LogP contribution in [-0.2, 0) is 14.3 Å². The van der Waals surface area contributed by atoms with Gasteiger partial charge in [-0.1, -0.05) is 31.9 Å². The Morgan fingerprint density at radius 1 is 1.00 bits per heavy atom. The van der Waals surface area contributed by atoms with E-state index in [1.54, 1.807) is 6.07 Å². The number of rotatable bonds is 4. The molecule has 0 bridgehead atoms. The maximum atomic E-state index is 11.2. The molecule has 1 aromatic rings. The molecule has 0 aliphatic heterocycles. The Labute approximate surface area is 133 Å². The summed E-state index contributed by atoms with van der Waals surface area (Å²) < 4.78 is 8.65. The summed E-state index contributed by atoms with van der Waals surface area (Å²) in [6.45, 7) is 10.6. The Morgan fingerprint density at radius 3 is 1.74 bits per heavy atom. The smallest absolute Gasteiger partial charge is 0.343 e. The van der Waals surface area contributed by atoms with E-state index in [1.165, 1.54) is 25.1 Å². The highest BCUT2D eigenvalue weighted by Gasteiger charge is 2.15. The first kappa shape index (κ1) is 21.9. The fourth-order valence-electron chi connectivity index (χ4n) is 1.10. The maximum Gasteiger partial charge on any atom is 0.343 e. The van der Waals surface area contributed by atoms with Crippen LogP contribution in [0.4, 0.5) is 0 Å². The second kappa shape index (κ2) is 13.6. The monoisotopic (exact) mass is 322 g/mol. The maximum absolute atomic E-state index is 11.2. The lowest BCUT2D eigenvalue weighted by Crippen LogP contribution is -2.09. The van der Waals surface area contributed by atoms with Crippen molar-refractivity contribution in [2.24, 2.45) is 0 Å². The molecule has 0 aromatic heterocycles. The summed E-state index contributed by atoms with van der Waals surface area (Å²) >= 11 is 0. The number of aliphatic hydroxyl groups excluding tert-OH is 1. The molecule has 7 heteroatoms. The summed E-state index contributed by atoms with van der Waals surface area (Å²) in [5.74, 6) is -2.22. The van der Waals surface area contributed by atoms with Gasteiger partial charge in [0.05, 0.1) is 29.9 Å². The van der Waals surface area contributed by atoms with Crippen LogP contribution >= 0.6 is 0 Å². The van der Waals surface area contributed by atoms with Crippen LogP contribution in [0.15, 0.2) is 62.8 Å². The molecule has 0 saturated heterocycles. The van der Waals surface area contributed by atoms with Gasteiger partial charge < -0.3 is 19.7 Å². The molecular formula is C16H18O7. The zero-order chi connectivity index (χ0) is 18.3. The van der Waals surface area contributed by atoms with Crippen LogP contribution in [0.5, 0.6) is 0 Å². The van der Waals surface area contributed by atoms with Crippen molar-refractivity contribution >= 4 is 17.9 Å². The third-order valence-electron chi connectivity index (χ3n) is 1.82. The van der Waals surface area contributed by atoms with E-state index in [1.807, 2.05) is 0 Å². The number of aliphatic hydroxyl groups is 1. The van der Waals surface area contributed by atoms with Crippen molar-refractivity contribution in [3.05, 3.63) is 73.9 Å². The molecule has 1 rings (SSSR count). The van der Waals surface area contributed by atoms with Crippen LogP contribution in [0, 0.1) is 0 Å². The topological polar surface area (TPSA) is 110 Å². The number of hydrogen-bond donors (Lipinski definition) is 2. The summed E-state index contributed by atoms with van der Waals surface area (Å²) in [6.07, 6.45) is 2.81.